The van der Waals surface area contributed by atoms with E-state index in [0.717, 1.165) is 51.3 Å². The average molecular weight is 454 g/mol. The quantitative estimate of drug-likeness (QED) is 0.505. The third-order valence-corrected chi connectivity index (χ3v) is 5.60. The fourth-order valence-corrected chi connectivity index (χ4v) is 3.98. The summed E-state index contributed by atoms with van der Waals surface area (Å²) in [6.07, 6.45) is 7.63. The number of aromatic nitrogens is 2. The fourth-order valence-electron chi connectivity index (χ4n) is 3.62. The van der Waals surface area contributed by atoms with Gasteiger partial charge in [-0.2, -0.15) is 0 Å². The highest BCUT2D eigenvalue weighted by molar-refractivity contribution is 9.10. The van der Waals surface area contributed by atoms with Crippen LogP contribution in [0.4, 0.5) is 5.82 Å². The van der Waals surface area contributed by atoms with Crippen molar-refractivity contribution < 1.29 is 9.47 Å². The first-order valence-electron chi connectivity index (χ1n) is 9.79. The third-order valence-electron chi connectivity index (χ3n) is 5.11. The molecule has 1 aromatic heterocycles. The molecule has 0 bridgehead atoms. The number of hydrogen-bond donors (Lipinski definition) is 0. The molecule has 29 heavy (non-hydrogen) atoms. The predicted molar refractivity (Wildman–Crippen MR) is 122 cm³/mol. The molecule has 0 unspecified atom stereocenters. The summed E-state index contributed by atoms with van der Waals surface area (Å²) in [7, 11) is 3.30. The van der Waals surface area contributed by atoms with Crippen LogP contribution in [0.1, 0.15) is 30.7 Å². The molecular formula is C23H24BrN3O2. The second-order valence-corrected chi connectivity index (χ2v) is 8.01. The van der Waals surface area contributed by atoms with Gasteiger partial charge in [-0.3, -0.25) is 0 Å². The van der Waals surface area contributed by atoms with Crippen molar-refractivity contribution in [2.24, 2.45) is 0 Å². The summed E-state index contributed by atoms with van der Waals surface area (Å²) in [5.41, 5.74) is 1.92. The van der Waals surface area contributed by atoms with Crippen LogP contribution < -0.4 is 14.4 Å². The summed E-state index contributed by atoms with van der Waals surface area (Å²) >= 11 is 3.59. The zero-order valence-electron chi connectivity index (χ0n) is 16.7. The Morgan fingerprint density at radius 3 is 2.31 bits per heavy atom. The SMILES string of the molecule is COc1cc(/C=C/c2nc(N3CCCCC3)c3cc(Br)ccc3n2)cc(OC)c1. The van der Waals surface area contributed by atoms with Gasteiger partial charge >= 0.3 is 0 Å². The lowest BCUT2D eigenvalue weighted by Gasteiger charge is -2.28. The van der Waals surface area contributed by atoms with E-state index < -0.39 is 0 Å². The standard InChI is InChI=1S/C23H24BrN3O2/c1-28-18-12-16(13-19(15-18)29-2)6-9-22-25-21-8-7-17(24)14-20(21)23(26-22)27-10-4-3-5-11-27/h6-9,12-15H,3-5,10-11H2,1-2H3/b9-6+. The topological polar surface area (TPSA) is 47.5 Å². The maximum Gasteiger partial charge on any atom is 0.154 e. The number of halogens is 1. The molecule has 150 valence electrons. The maximum atomic E-state index is 5.36. The van der Waals surface area contributed by atoms with E-state index >= 15 is 0 Å². The molecule has 1 aliphatic rings. The smallest absolute Gasteiger partial charge is 0.154 e. The number of benzene rings is 2. The zero-order valence-corrected chi connectivity index (χ0v) is 18.3. The van der Waals surface area contributed by atoms with Crippen molar-refractivity contribution in [2.45, 2.75) is 19.3 Å². The van der Waals surface area contributed by atoms with Gasteiger partial charge in [-0.1, -0.05) is 22.0 Å². The highest BCUT2D eigenvalue weighted by atomic mass is 79.9. The number of methoxy groups -OCH3 is 2. The Morgan fingerprint density at radius 2 is 1.62 bits per heavy atom. The molecule has 0 N–H and O–H groups in total. The lowest BCUT2D eigenvalue weighted by Crippen LogP contribution is -2.30. The Balaban J connectivity index is 1.74. The van der Waals surface area contributed by atoms with E-state index in [1.165, 1.54) is 19.3 Å². The van der Waals surface area contributed by atoms with Crippen molar-refractivity contribution in [3.8, 4) is 11.5 Å². The molecule has 0 spiro atoms. The van der Waals surface area contributed by atoms with Crippen LogP contribution in [0.3, 0.4) is 0 Å². The minimum Gasteiger partial charge on any atom is -0.497 e. The van der Waals surface area contributed by atoms with Gasteiger partial charge in [0.25, 0.3) is 0 Å². The van der Waals surface area contributed by atoms with Gasteiger partial charge < -0.3 is 14.4 Å². The second-order valence-electron chi connectivity index (χ2n) is 7.09. The van der Waals surface area contributed by atoms with Gasteiger partial charge in [0.1, 0.15) is 17.3 Å². The van der Waals surface area contributed by atoms with Gasteiger partial charge in [-0.05, 0) is 61.2 Å². The van der Waals surface area contributed by atoms with Crippen molar-refractivity contribution >= 4 is 44.8 Å². The number of nitrogens with zero attached hydrogens (tertiary/aromatic N) is 3. The molecule has 1 saturated heterocycles. The minimum atomic E-state index is 0.696. The number of hydrogen-bond acceptors (Lipinski definition) is 5. The van der Waals surface area contributed by atoms with Gasteiger partial charge in [0.2, 0.25) is 0 Å². The largest absolute Gasteiger partial charge is 0.497 e. The number of ether oxygens (including phenoxy) is 2. The third kappa shape index (κ3) is 4.53. The molecule has 6 heteroatoms. The minimum absolute atomic E-state index is 0.696. The Labute approximate surface area is 179 Å². The average Bonchev–Trinajstić information content (AvgIpc) is 2.77. The molecule has 0 amide bonds. The van der Waals surface area contributed by atoms with Crippen LogP contribution in [-0.4, -0.2) is 37.3 Å². The predicted octanol–water partition coefficient (Wildman–Crippen LogP) is 5.57. The highest BCUT2D eigenvalue weighted by Crippen LogP contribution is 2.30. The Kier molecular flexibility index (Phi) is 6.00. The van der Waals surface area contributed by atoms with Crippen molar-refractivity contribution in [1.82, 2.24) is 9.97 Å². The second kappa shape index (κ2) is 8.82. The number of anilines is 1. The van der Waals surface area contributed by atoms with Crippen molar-refractivity contribution in [2.75, 3.05) is 32.2 Å². The molecule has 2 heterocycles. The number of rotatable bonds is 5. The summed E-state index contributed by atoms with van der Waals surface area (Å²) < 4.78 is 11.8. The fraction of sp³-hybridized carbons (Fsp3) is 0.304. The molecule has 5 nitrogen and oxygen atoms in total. The first-order valence-corrected chi connectivity index (χ1v) is 10.6. The molecule has 1 fully saturated rings. The molecule has 3 aromatic rings. The maximum absolute atomic E-state index is 5.36. The molecule has 0 saturated carbocycles. The number of piperidine rings is 1. The van der Waals surface area contributed by atoms with Crippen LogP contribution in [0.2, 0.25) is 0 Å². The van der Waals surface area contributed by atoms with Crippen LogP contribution in [0.25, 0.3) is 23.1 Å². The van der Waals surface area contributed by atoms with Gasteiger partial charge in [-0.15, -0.1) is 0 Å². The normalized spacial score (nSPS) is 14.5. The van der Waals surface area contributed by atoms with Crippen LogP contribution in [0.5, 0.6) is 11.5 Å². The van der Waals surface area contributed by atoms with Gasteiger partial charge in [0.05, 0.1) is 19.7 Å². The van der Waals surface area contributed by atoms with E-state index in [1.807, 2.05) is 42.5 Å². The summed E-state index contributed by atoms with van der Waals surface area (Å²) in [6, 6.07) is 12.0. The molecule has 4 rings (SSSR count). The van der Waals surface area contributed by atoms with E-state index in [0.29, 0.717) is 5.82 Å². The number of fused-ring (bicyclic) bond motifs is 1. The summed E-state index contributed by atoms with van der Waals surface area (Å²) in [5.74, 6) is 3.21. The summed E-state index contributed by atoms with van der Waals surface area (Å²) in [6.45, 7) is 2.07. The van der Waals surface area contributed by atoms with Gasteiger partial charge in [0, 0.05) is 29.0 Å². The monoisotopic (exact) mass is 453 g/mol. The first-order chi connectivity index (χ1) is 14.2. The first kappa shape index (κ1) is 19.7. The Bertz CT molecular complexity index is 1020. The molecule has 0 radical (unpaired) electrons. The molecule has 0 atom stereocenters. The van der Waals surface area contributed by atoms with Crippen LogP contribution in [0, 0.1) is 0 Å². The van der Waals surface area contributed by atoms with Crippen LogP contribution >= 0.6 is 15.9 Å². The van der Waals surface area contributed by atoms with E-state index in [2.05, 4.69) is 26.9 Å². The van der Waals surface area contributed by atoms with Crippen LogP contribution in [0.15, 0.2) is 40.9 Å². The van der Waals surface area contributed by atoms with Gasteiger partial charge in [0.15, 0.2) is 5.82 Å². The van der Waals surface area contributed by atoms with E-state index in [4.69, 9.17) is 19.4 Å². The molecule has 0 aliphatic carbocycles. The van der Waals surface area contributed by atoms with Crippen molar-refractivity contribution in [3.05, 3.63) is 52.3 Å². The van der Waals surface area contributed by atoms with Crippen molar-refractivity contribution in [1.29, 1.82) is 0 Å². The Hall–Kier alpha value is -2.60. The lowest BCUT2D eigenvalue weighted by molar-refractivity contribution is 0.394. The van der Waals surface area contributed by atoms with Crippen LogP contribution in [-0.2, 0) is 0 Å². The van der Waals surface area contributed by atoms with Gasteiger partial charge in [-0.25, -0.2) is 9.97 Å². The summed E-state index contributed by atoms with van der Waals surface area (Å²) in [4.78, 5) is 12.1. The van der Waals surface area contributed by atoms with E-state index in [9.17, 15) is 0 Å². The Morgan fingerprint density at radius 1 is 0.897 bits per heavy atom. The molecule has 1 aliphatic heterocycles. The summed E-state index contributed by atoms with van der Waals surface area (Å²) in [5, 5.41) is 1.08. The van der Waals surface area contributed by atoms with E-state index in [-0.39, 0.29) is 0 Å². The van der Waals surface area contributed by atoms with E-state index in [1.54, 1.807) is 14.2 Å². The zero-order chi connectivity index (χ0) is 20.2. The van der Waals surface area contributed by atoms with Crippen molar-refractivity contribution in [3.63, 3.8) is 0 Å². The lowest BCUT2D eigenvalue weighted by atomic mass is 10.1. The highest BCUT2D eigenvalue weighted by Gasteiger charge is 2.17. The molecule has 2 aromatic carbocycles. The molecular weight excluding hydrogens is 430 g/mol.